The third-order valence-corrected chi connectivity index (χ3v) is 8.29. The molecule has 196 valence electrons. The fraction of sp³-hybridized carbons (Fsp3) is 0.480. The van der Waals surface area contributed by atoms with Crippen molar-refractivity contribution in [3.63, 3.8) is 0 Å². The lowest BCUT2D eigenvalue weighted by Gasteiger charge is -2.43. The molecule has 11 heteroatoms. The number of alkyl halides is 3. The second-order valence-electron chi connectivity index (χ2n) is 9.34. The lowest BCUT2D eigenvalue weighted by molar-refractivity contribution is -0.169. The number of ether oxygens (including phenoxy) is 1. The van der Waals surface area contributed by atoms with Gasteiger partial charge in [0, 0.05) is 31.4 Å². The molecule has 36 heavy (non-hydrogen) atoms. The Kier molecular flexibility index (Phi) is 7.63. The van der Waals surface area contributed by atoms with E-state index in [0.29, 0.717) is 30.3 Å². The van der Waals surface area contributed by atoms with Gasteiger partial charge in [-0.25, -0.2) is 8.42 Å². The summed E-state index contributed by atoms with van der Waals surface area (Å²) in [6.45, 7) is 5.85. The highest BCUT2D eigenvalue weighted by atomic mass is 32.2. The Balaban J connectivity index is 1.66. The molecule has 2 aliphatic rings. The average molecular weight is 526 g/mol. The lowest BCUT2D eigenvalue weighted by atomic mass is 10.0. The number of halogens is 3. The number of sulfonamides is 1. The topological polar surface area (TPSA) is 70.2 Å². The van der Waals surface area contributed by atoms with Gasteiger partial charge in [-0.2, -0.15) is 17.5 Å². The molecule has 1 amide bonds. The minimum Gasteiger partial charge on any atom is -0.491 e. The van der Waals surface area contributed by atoms with E-state index in [1.165, 1.54) is 46.8 Å². The zero-order valence-corrected chi connectivity index (χ0v) is 21.1. The molecule has 2 heterocycles. The molecule has 2 saturated heterocycles. The summed E-state index contributed by atoms with van der Waals surface area (Å²) < 4.78 is 74.5. The van der Waals surface area contributed by atoms with Crippen LogP contribution >= 0.6 is 0 Å². The van der Waals surface area contributed by atoms with Crippen LogP contribution in [0.3, 0.4) is 0 Å². The highest BCUT2D eigenvalue weighted by Crippen LogP contribution is 2.34. The van der Waals surface area contributed by atoms with Gasteiger partial charge >= 0.3 is 12.1 Å². The molecule has 2 aromatic rings. The molecule has 0 aliphatic carbocycles. The summed E-state index contributed by atoms with van der Waals surface area (Å²) in [6, 6.07) is 10.9. The van der Waals surface area contributed by atoms with Crippen molar-refractivity contribution in [1.82, 2.24) is 9.21 Å². The monoisotopic (exact) mass is 525 g/mol. The molecule has 7 nitrogen and oxygen atoms in total. The number of rotatable bonds is 6. The third kappa shape index (κ3) is 5.68. The van der Waals surface area contributed by atoms with Gasteiger partial charge in [0.05, 0.1) is 16.7 Å². The lowest BCUT2D eigenvalue weighted by Crippen LogP contribution is -2.56. The number of piperidine rings is 1. The van der Waals surface area contributed by atoms with E-state index < -0.39 is 22.1 Å². The van der Waals surface area contributed by atoms with Crippen molar-refractivity contribution in [1.29, 1.82) is 0 Å². The molecular weight excluding hydrogens is 495 g/mol. The number of anilines is 2. The predicted molar refractivity (Wildman–Crippen MR) is 130 cm³/mol. The summed E-state index contributed by atoms with van der Waals surface area (Å²) in [5.41, 5.74) is -0.244. The van der Waals surface area contributed by atoms with Crippen LogP contribution in [0.5, 0.6) is 5.75 Å². The SMILES string of the molecule is CC(C)Oc1ccc(N(C(=O)C(F)(F)F)c2cccc(S(=O)(=O)N3CCN4CCCCC4C3)c2)cc1. The predicted octanol–water partition coefficient (Wildman–Crippen LogP) is 4.56. The summed E-state index contributed by atoms with van der Waals surface area (Å²) in [7, 11) is -3.96. The smallest absolute Gasteiger partial charge is 0.472 e. The summed E-state index contributed by atoms with van der Waals surface area (Å²) >= 11 is 0. The van der Waals surface area contributed by atoms with E-state index >= 15 is 0 Å². The van der Waals surface area contributed by atoms with Crippen LogP contribution in [0.25, 0.3) is 0 Å². The molecule has 0 spiro atoms. The van der Waals surface area contributed by atoms with Crippen molar-refractivity contribution in [2.45, 2.75) is 56.3 Å². The Bertz CT molecular complexity index is 1190. The summed E-state index contributed by atoms with van der Waals surface area (Å²) in [5, 5.41) is 0. The first kappa shape index (κ1) is 26.4. The molecule has 2 fully saturated rings. The molecule has 1 unspecified atom stereocenters. The van der Waals surface area contributed by atoms with Gasteiger partial charge in [-0.15, -0.1) is 0 Å². The van der Waals surface area contributed by atoms with Gasteiger partial charge in [-0.3, -0.25) is 14.6 Å². The van der Waals surface area contributed by atoms with Crippen molar-refractivity contribution in [3.05, 3.63) is 48.5 Å². The van der Waals surface area contributed by atoms with Crippen molar-refractivity contribution in [2.75, 3.05) is 31.1 Å². The van der Waals surface area contributed by atoms with Gasteiger partial charge in [0.1, 0.15) is 5.75 Å². The highest BCUT2D eigenvalue weighted by molar-refractivity contribution is 7.89. The zero-order valence-electron chi connectivity index (χ0n) is 20.2. The minimum atomic E-state index is -5.17. The number of fused-ring (bicyclic) bond motifs is 1. The van der Waals surface area contributed by atoms with Gasteiger partial charge in [0.2, 0.25) is 10.0 Å². The number of hydrogen-bond donors (Lipinski definition) is 0. The number of benzene rings is 2. The normalized spacial score (nSPS) is 19.7. The van der Waals surface area contributed by atoms with E-state index in [-0.39, 0.29) is 28.4 Å². The van der Waals surface area contributed by atoms with E-state index in [4.69, 9.17) is 4.74 Å². The second kappa shape index (κ2) is 10.4. The number of carbonyl (C=O) groups is 1. The Labute approximate surface area is 209 Å². The maximum Gasteiger partial charge on any atom is 0.472 e. The molecule has 4 rings (SSSR count). The Hall–Kier alpha value is -2.63. The van der Waals surface area contributed by atoms with Crippen molar-refractivity contribution in [3.8, 4) is 5.75 Å². The highest BCUT2D eigenvalue weighted by Gasteiger charge is 2.44. The molecule has 0 N–H and O–H groups in total. The van der Waals surface area contributed by atoms with Gasteiger partial charge in [0.25, 0.3) is 0 Å². The number of piperazine rings is 1. The first-order valence-electron chi connectivity index (χ1n) is 12.0. The van der Waals surface area contributed by atoms with Crippen LogP contribution in [0, 0.1) is 0 Å². The van der Waals surface area contributed by atoms with Crippen LogP contribution in [0.2, 0.25) is 0 Å². The standard InChI is InChI=1S/C25H30F3N3O4S/c1-18(2)35-22-11-9-19(10-12-22)31(24(32)25(26,27)28)20-7-5-8-23(16-20)36(33,34)30-15-14-29-13-4-3-6-21(29)17-30/h5,7-12,16,18,21H,3-4,6,13-15,17H2,1-2H3. The van der Waals surface area contributed by atoms with Crippen LogP contribution < -0.4 is 9.64 Å². The van der Waals surface area contributed by atoms with E-state index in [0.717, 1.165) is 31.9 Å². The van der Waals surface area contributed by atoms with E-state index in [1.54, 1.807) is 0 Å². The van der Waals surface area contributed by atoms with Crippen LogP contribution in [-0.4, -0.2) is 68.0 Å². The Morgan fingerprint density at radius 1 is 1.03 bits per heavy atom. The largest absolute Gasteiger partial charge is 0.491 e. The van der Waals surface area contributed by atoms with Crippen LogP contribution in [0.15, 0.2) is 53.4 Å². The van der Waals surface area contributed by atoms with Crippen molar-refractivity contribution < 1.29 is 31.1 Å². The molecule has 0 bridgehead atoms. The van der Waals surface area contributed by atoms with E-state index in [9.17, 15) is 26.4 Å². The van der Waals surface area contributed by atoms with E-state index in [1.807, 2.05) is 13.8 Å². The number of amides is 1. The van der Waals surface area contributed by atoms with Crippen molar-refractivity contribution >= 4 is 27.3 Å². The number of hydrogen-bond acceptors (Lipinski definition) is 5. The number of carbonyl (C=O) groups excluding carboxylic acids is 1. The molecule has 1 atom stereocenters. The first-order valence-corrected chi connectivity index (χ1v) is 13.4. The van der Waals surface area contributed by atoms with Gasteiger partial charge in [-0.05, 0) is 75.7 Å². The zero-order chi connectivity index (χ0) is 26.1. The summed E-state index contributed by atoms with van der Waals surface area (Å²) in [4.78, 5) is 15.1. The minimum absolute atomic E-state index is 0.0567. The maximum absolute atomic E-state index is 13.6. The van der Waals surface area contributed by atoms with Crippen LogP contribution in [-0.2, 0) is 14.8 Å². The molecule has 2 aliphatic heterocycles. The fourth-order valence-electron chi connectivity index (χ4n) is 4.73. The molecule has 0 saturated carbocycles. The summed E-state index contributed by atoms with van der Waals surface area (Å²) in [6.07, 6.45) is -2.25. The Morgan fingerprint density at radius 2 is 1.75 bits per heavy atom. The molecule has 2 aromatic carbocycles. The molecule has 0 aromatic heterocycles. The van der Waals surface area contributed by atoms with Gasteiger partial charge < -0.3 is 4.74 Å². The maximum atomic E-state index is 13.6. The average Bonchev–Trinajstić information content (AvgIpc) is 2.84. The fourth-order valence-corrected chi connectivity index (χ4v) is 6.24. The number of nitrogens with zero attached hydrogens (tertiary/aromatic N) is 3. The van der Waals surface area contributed by atoms with Crippen LogP contribution in [0.1, 0.15) is 33.1 Å². The Morgan fingerprint density at radius 3 is 2.42 bits per heavy atom. The van der Waals surface area contributed by atoms with E-state index in [2.05, 4.69) is 4.90 Å². The summed E-state index contributed by atoms with van der Waals surface area (Å²) in [5.74, 6) is -1.68. The van der Waals surface area contributed by atoms with Crippen molar-refractivity contribution in [2.24, 2.45) is 0 Å². The quantitative estimate of drug-likeness (QED) is 0.553. The second-order valence-corrected chi connectivity index (χ2v) is 11.3. The molecule has 0 radical (unpaired) electrons. The van der Waals surface area contributed by atoms with Crippen LogP contribution in [0.4, 0.5) is 24.5 Å². The first-order chi connectivity index (χ1) is 17.0. The third-order valence-electron chi connectivity index (χ3n) is 6.43. The van der Waals surface area contributed by atoms with Gasteiger partial charge in [0.15, 0.2) is 0 Å². The van der Waals surface area contributed by atoms with Gasteiger partial charge in [-0.1, -0.05) is 12.5 Å². The molecular formula is C25H30F3N3O4S.